The molecule has 0 N–H and O–H groups in total. The number of aromatic nitrogens is 1. The largest absolute Gasteiger partial charge is 0.369 e. The molecule has 2 aromatic carbocycles. The van der Waals surface area contributed by atoms with Gasteiger partial charge >= 0.3 is 0 Å². The van der Waals surface area contributed by atoms with Gasteiger partial charge in [0.2, 0.25) is 0 Å². The number of halogens is 2. The van der Waals surface area contributed by atoms with Crippen LogP contribution in [-0.2, 0) is 6.54 Å². The first-order chi connectivity index (χ1) is 14.8. The normalized spacial score (nSPS) is 18.8. The predicted octanol–water partition coefficient (Wildman–Crippen LogP) is 5.10. The van der Waals surface area contributed by atoms with E-state index in [-0.39, 0.29) is 12.4 Å². The number of hydrogen-bond acceptors (Lipinski definition) is 4. The highest BCUT2D eigenvalue weighted by Crippen LogP contribution is 2.25. The molecule has 2 fully saturated rings. The second kappa shape index (κ2) is 10.2. The maximum Gasteiger partial charge on any atom is 0.0720 e. The van der Waals surface area contributed by atoms with E-state index in [9.17, 15) is 0 Å². The van der Waals surface area contributed by atoms with Gasteiger partial charge in [0.25, 0.3) is 0 Å². The zero-order chi connectivity index (χ0) is 20.3. The third kappa shape index (κ3) is 5.15. The third-order valence-electron chi connectivity index (χ3n) is 6.70. The second-order valence-corrected chi connectivity index (χ2v) is 8.93. The van der Waals surface area contributed by atoms with Gasteiger partial charge in [-0.2, -0.15) is 0 Å². The van der Waals surface area contributed by atoms with Crippen LogP contribution in [0.15, 0.2) is 60.8 Å². The molecule has 4 nitrogen and oxygen atoms in total. The summed E-state index contributed by atoms with van der Waals surface area (Å²) in [6.45, 7) is 7.95. The number of anilines is 1. The van der Waals surface area contributed by atoms with E-state index in [0.29, 0.717) is 0 Å². The van der Waals surface area contributed by atoms with Crippen molar-refractivity contribution in [3.63, 3.8) is 0 Å². The van der Waals surface area contributed by atoms with Crippen molar-refractivity contribution in [2.45, 2.75) is 25.4 Å². The summed E-state index contributed by atoms with van der Waals surface area (Å²) in [5, 5.41) is 1.97. The summed E-state index contributed by atoms with van der Waals surface area (Å²) in [6.07, 6.45) is 4.44. The van der Waals surface area contributed by atoms with Gasteiger partial charge in [-0.25, -0.2) is 0 Å². The standard InChI is InChI=1S/C25H29ClN4.ClH/c26-21-6-7-24-20(8-11-27-25(24)18-21)19-28-12-9-23(10-13-28)30-16-14-29(15-17-30)22-4-2-1-3-5-22;/h1-8,11,18,23H,9-10,12-17,19H2;1H. The summed E-state index contributed by atoms with van der Waals surface area (Å²) in [5.74, 6) is 0. The summed E-state index contributed by atoms with van der Waals surface area (Å²) in [6, 6.07) is 19.7. The molecule has 0 amide bonds. The highest BCUT2D eigenvalue weighted by molar-refractivity contribution is 6.31. The average molecular weight is 457 g/mol. The molecule has 1 aromatic heterocycles. The zero-order valence-electron chi connectivity index (χ0n) is 17.8. The van der Waals surface area contributed by atoms with Crippen molar-refractivity contribution >= 4 is 40.6 Å². The molecule has 3 heterocycles. The fraction of sp³-hybridized carbons (Fsp3) is 0.400. The molecule has 0 unspecified atom stereocenters. The number of nitrogens with zero attached hydrogens (tertiary/aromatic N) is 4. The Morgan fingerprint density at radius 1 is 0.871 bits per heavy atom. The van der Waals surface area contributed by atoms with E-state index < -0.39 is 0 Å². The van der Waals surface area contributed by atoms with Gasteiger partial charge in [0.05, 0.1) is 5.52 Å². The molecule has 2 aliphatic heterocycles. The van der Waals surface area contributed by atoms with Gasteiger partial charge in [0.15, 0.2) is 0 Å². The zero-order valence-corrected chi connectivity index (χ0v) is 19.4. The average Bonchev–Trinajstić information content (AvgIpc) is 2.80. The molecule has 3 aromatic rings. The van der Waals surface area contributed by atoms with Crippen LogP contribution >= 0.6 is 24.0 Å². The number of benzene rings is 2. The Morgan fingerprint density at radius 3 is 2.35 bits per heavy atom. The van der Waals surface area contributed by atoms with Crippen molar-refractivity contribution in [1.82, 2.24) is 14.8 Å². The minimum atomic E-state index is 0. The highest BCUT2D eigenvalue weighted by atomic mass is 35.5. The van der Waals surface area contributed by atoms with Crippen molar-refractivity contribution in [2.75, 3.05) is 44.2 Å². The van der Waals surface area contributed by atoms with Crippen LogP contribution in [0.1, 0.15) is 18.4 Å². The van der Waals surface area contributed by atoms with Gasteiger partial charge in [0.1, 0.15) is 0 Å². The molecular weight excluding hydrogens is 427 g/mol. The molecule has 31 heavy (non-hydrogen) atoms. The van der Waals surface area contributed by atoms with Crippen LogP contribution in [0.3, 0.4) is 0 Å². The fourth-order valence-corrected chi connectivity index (χ4v) is 5.15. The minimum Gasteiger partial charge on any atom is -0.369 e. The number of piperazine rings is 1. The summed E-state index contributed by atoms with van der Waals surface area (Å²) in [5.41, 5.74) is 3.70. The predicted molar refractivity (Wildman–Crippen MR) is 133 cm³/mol. The summed E-state index contributed by atoms with van der Waals surface area (Å²) < 4.78 is 0. The monoisotopic (exact) mass is 456 g/mol. The van der Waals surface area contributed by atoms with Crippen LogP contribution < -0.4 is 4.90 Å². The molecule has 0 bridgehead atoms. The third-order valence-corrected chi connectivity index (χ3v) is 6.93. The van der Waals surface area contributed by atoms with Crippen LogP contribution in [-0.4, -0.2) is 60.1 Å². The maximum atomic E-state index is 6.14. The molecule has 0 atom stereocenters. The Balaban J connectivity index is 0.00000231. The lowest BCUT2D eigenvalue weighted by atomic mass is 10.0. The summed E-state index contributed by atoms with van der Waals surface area (Å²) in [4.78, 5) is 12.3. The van der Waals surface area contributed by atoms with Crippen molar-refractivity contribution in [3.05, 3.63) is 71.4 Å². The van der Waals surface area contributed by atoms with Gasteiger partial charge in [-0.15, -0.1) is 12.4 Å². The first kappa shape index (κ1) is 22.3. The molecule has 6 heteroatoms. The highest BCUT2D eigenvalue weighted by Gasteiger charge is 2.27. The van der Waals surface area contributed by atoms with Crippen LogP contribution in [0, 0.1) is 0 Å². The van der Waals surface area contributed by atoms with Crippen molar-refractivity contribution < 1.29 is 0 Å². The van der Waals surface area contributed by atoms with E-state index in [1.165, 1.54) is 55.7 Å². The SMILES string of the molecule is Cl.Clc1ccc2c(CN3CCC(N4CCN(c5ccccc5)CC4)CC3)ccnc2c1. The number of fused-ring (bicyclic) bond motifs is 1. The maximum absolute atomic E-state index is 6.14. The Labute approximate surface area is 196 Å². The number of rotatable bonds is 4. The topological polar surface area (TPSA) is 22.6 Å². The summed E-state index contributed by atoms with van der Waals surface area (Å²) in [7, 11) is 0. The van der Waals surface area contributed by atoms with E-state index in [0.717, 1.165) is 36.2 Å². The van der Waals surface area contributed by atoms with Crippen LogP contribution in [0.2, 0.25) is 5.02 Å². The van der Waals surface area contributed by atoms with Crippen molar-refractivity contribution in [2.24, 2.45) is 0 Å². The number of likely N-dealkylation sites (tertiary alicyclic amines) is 1. The Kier molecular flexibility index (Phi) is 7.34. The van der Waals surface area contributed by atoms with Crippen LogP contribution in [0.4, 0.5) is 5.69 Å². The Morgan fingerprint density at radius 2 is 1.61 bits per heavy atom. The molecule has 0 saturated carbocycles. The van der Waals surface area contributed by atoms with E-state index in [1.54, 1.807) is 0 Å². The fourth-order valence-electron chi connectivity index (χ4n) is 4.99. The van der Waals surface area contributed by atoms with Gasteiger partial charge in [-0.05, 0) is 61.8 Å². The van der Waals surface area contributed by atoms with Crippen molar-refractivity contribution in [1.29, 1.82) is 0 Å². The minimum absolute atomic E-state index is 0. The van der Waals surface area contributed by atoms with Gasteiger partial charge < -0.3 is 4.90 Å². The van der Waals surface area contributed by atoms with Crippen LogP contribution in [0.25, 0.3) is 10.9 Å². The molecule has 164 valence electrons. The number of pyridine rings is 1. The quantitative estimate of drug-likeness (QED) is 0.544. The lowest BCUT2D eigenvalue weighted by Crippen LogP contribution is -2.53. The molecule has 0 radical (unpaired) electrons. The van der Waals surface area contributed by atoms with E-state index >= 15 is 0 Å². The van der Waals surface area contributed by atoms with Gasteiger partial charge in [-0.1, -0.05) is 35.9 Å². The molecule has 5 rings (SSSR count). The van der Waals surface area contributed by atoms with E-state index in [2.05, 4.69) is 62.1 Å². The number of para-hydroxylation sites is 1. The molecule has 2 aliphatic rings. The van der Waals surface area contributed by atoms with Crippen LogP contribution in [0.5, 0.6) is 0 Å². The Bertz CT molecular complexity index is 981. The molecular formula is C25H30Cl2N4. The second-order valence-electron chi connectivity index (χ2n) is 8.50. The first-order valence-corrected chi connectivity index (χ1v) is 11.4. The lowest BCUT2D eigenvalue weighted by molar-refractivity contribution is 0.100. The summed E-state index contributed by atoms with van der Waals surface area (Å²) >= 11 is 6.14. The first-order valence-electron chi connectivity index (χ1n) is 11.1. The molecule has 2 saturated heterocycles. The molecule has 0 spiro atoms. The van der Waals surface area contributed by atoms with E-state index in [1.807, 2.05) is 18.3 Å². The van der Waals surface area contributed by atoms with Gasteiger partial charge in [-0.3, -0.25) is 14.8 Å². The van der Waals surface area contributed by atoms with Crippen molar-refractivity contribution in [3.8, 4) is 0 Å². The lowest BCUT2D eigenvalue weighted by Gasteiger charge is -2.43. The number of hydrogen-bond donors (Lipinski definition) is 0. The number of piperidine rings is 1. The van der Waals surface area contributed by atoms with Gasteiger partial charge in [0, 0.05) is 61.1 Å². The van der Waals surface area contributed by atoms with E-state index in [4.69, 9.17) is 11.6 Å². The smallest absolute Gasteiger partial charge is 0.0720 e. The molecule has 0 aliphatic carbocycles. The Hall–Kier alpha value is -1.85.